The molecule has 4 heteroatoms. The third-order valence-electron chi connectivity index (χ3n) is 3.13. The number of carbonyl (C=O) groups excluding carboxylic acids is 1. The van der Waals surface area contributed by atoms with Gasteiger partial charge >= 0.3 is 0 Å². The van der Waals surface area contributed by atoms with Crippen LogP contribution in [0.1, 0.15) is 46.5 Å². The van der Waals surface area contributed by atoms with E-state index in [4.69, 9.17) is 5.73 Å². The van der Waals surface area contributed by atoms with E-state index in [9.17, 15) is 4.79 Å². The molecular weight excluding hydrogens is 232 g/mol. The van der Waals surface area contributed by atoms with Crippen molar-refractivity contribution in [3.05, 3.63) is 0 Å². The summed E-state index contributed by atoms with van der Waals surface area (Å²) >= 11 is 1.84. The van der Waals surface area contributed by atoms with Gasteiger partial charge in [-0.1, -0.05) is 20.8 Å². The Bertz CT molecular complexity index is 219. The second-order valence-corrected chi connectivity index (χ2v) is 6.66. The summed E-state index contributed by atoms with van der Waals surface area (Å²) in [5, 5.41) is 3.59. The standard InChI is InChI=1S/C13H28N2OS/c1-11(17-4)6-10-15-12(16)5-7-13(2,3)8-9-14/h11H,5-10,14H2,1-4H3,(H,15,16). The molecule has 0 aromatic carbocycles. The maximum absolute atomic E-state index is 11.6. The first kappa shape index (κ1) is 16.8. The smallest absolute Gasteiger partial charge is 0.220 e. The summed E-state index contributed by atoms with van der Waals surface area (Å²) in [5.74, 6) is 0.170. The summed E-state index contributed by atoms with van der Waals surface area (Å²) in [4.78, 5) is 11.6. The Morgan fingerprint density at radius 1 is 1.41 bits per heavy atom. The summed E-state index contributed by atoms with van der Waals surface area (Å²) < 4.78 is 0. The fourth-order valence-electron chi connectivity index (χ4n) is 1.59. The maximum atomic E-state index is 11.6. The minimum Gasteiger partial charge on any atom is -0.356 e. The second kappa shape index (κ2) is 8.81. The number of hydrogen-bond donors (Lipinski definition) is 2. The summed E-state index contributed by atoms with van der Waals surface area (Å²) in [6, 6.07) is 0. The zero-order valence-electron chi connectivity index (χ0n) is 11.7. The van der Waals surface area contributed by atoms with Crippen LogP contribution in [0.15, 0.2) is 0 Å². The van der Waals surface area contributed by atoms with Crippen LogP contribution in [0.25, 0.3) is 0 Å². The van der Waals surface area contributed by atoms with Crippen LogP contribution in [0.3, 0.4) is 0 Å². The molecule has 0 aromatic heterocycles. The van der Waals surface area contributed by atoms with Gasteiger partial charge in [0.25, 0.3) is 0 Å². The van der Waals surface area contributed by atoms with Crippen molar-refractivity contribution in [1.29, 1.82) is 0 Å². The number of carbonyl (C=O) groups is 1. The van der Waals surface area contributed by atoms with Crippen molar-refractivity contribution < 1.29 is 4.79 Å². The first-order valence-electron chi connectivity index (χ1n) is 6.41. The summed E-state index contributed by atoms with van der Waals surface area (Å²) in [7, 11) is 0. The molecule has 17 heavy (non-hydrogen) atoms. The van der Waals surface area contributed by atoms with E-state index in [1.165, 1.54) is 0 Å². The molecular formula is C13H28N2OS. The SMILES string of the molecule is CSC(C)CCNC(=O)CCC(C)(C)CCN. The van der Waals surface area contributed by atoms with Gasteiger partial charge in [-0.2, -0.15) is 11.8 Å². The first-order valence-corrected chi connectivity index (χ1v) is 7.69. The average molecular weight is 260 g/mol. The van der Waals surface area contributed by atoms with Crippen LogP contribution in [-0.4, -0.2) is 30.5 Å². The molecule has 102 valence electrons. The Kier molecular flexibility index (Phi) is 8.70. The van der Waals surface area contributed by atoms with E-state index in [2.05, 4.69) is 32.3 Å². The molecule has 3 N–H and O–H groups in total. The number of nitrogens with one attached hydrogen (secondary N) is 1. The van der Waals surface area contributed by atoms with E-state index >= 15 is 0 Å². The Labute approximate surface area is 110 Å². The van der Waals surface area contributed by atoms with Crippen molar-refractivity contribution >= 4 is 17.7 Å². The van der Waals surface area contributed by atoms with Gasteiger partial charge in [-0.3, -0.25) is 4.79 Å². The number of hydrogen-bond acceptors (Lipinski definition) is 3. The van der Waals surface area contributed by atoms with E-state index in [1.54, 1.807) is 0 Å². The molecule has 0 aromatic rings. The molecule has 1 amide bonds. The van der Waals surface area contributed by atoms with E-state index in [0.717, 1.165) is 25.8 Å². The van der Waals surface area contributed by atoms with Gasteiger partial charge < -0.3 is 11.1 Å². The van der Waals surface area contributed by atoms with Gasteiger partial charge in [0.15, 0.2) is 0 Å². The van der Waals surface area contributed by atoms with E-state index in [1.807, 2.05) is 11.8 Å². The average Bonchev–Trinajstić information content (AvgIpc) is 2.26. The van der Waals surface area contributed by atoms with Gasteiger partial charge in [0.1, 0.15) is 0 Å². The molecule has 0 fully saturated rings. The highest BCUT2D eigenvalue weighted by molar-refractivity contribution is 7.99. The normalized spacial score (nSPS) is 13.5. The molecule has 0 aliphatic carbocycles. The van der Waals surface area contributed by atoms with Crippen LogP contribution in [0.5, 0.6) is 0 Å². The van der Waals surface area contributed by atoms with Crippen molar-refractivity contribution in [1.82, 2.24) is 5.32 Å². The van der Waals surface area contributed by atoms with Gasteiger partial charge in [-0.25, -0.2) is 0 Å². The predicted octanol–water partition coefficient (Wildman–Crippen LogP) is 2.40. The van der Waals surface area contributed by atoms with Gasteiger partial charge in [0.05, 0.1) is 0 Å². The highest BCUT2D eigenvalue weighted by Crippen LogP contribution is 2.25. The van der Waals surface area contributed by atoms with Gasteiger partial charge in [0.2, 0.25) is 5.91 Å². The minimum atomic E-state index is 0.170. The van der Waals surface area contributed by atoms with Gasteiger partial charge in [0, 0.05) is 18.2 Å². The lowest BCUT2D eigenvalue weighted by atomic mass is 9.84. The lowest BCUT2D eigenvalue weighted by molar-refractivity contribution is -0.121. The highest BCUT2D eigenvalue weighted by atomic mass is 32.2. The fourth-order valence-corrected chi connectivity index (χ4v) is 1.94. The zero-order valence-corrected chi connectivity index (χ0v) is 12.5. The Balaban J connectivity index is 3.66. The van der Waals surface area contributed by atoms with E-state index < -0.39 is 0 Å². The molecule has 0 saturated heterocycles. The molecule has 0 bridgehead atoms. The molecule has 0 saturated carbocycles. The van der Waals surface area contributed by atoms with E-state index in [0.29, 0.717) is 18.2 Å². The Morgan fingerprint density at radius 3 is 2.59 bits per heavy atom. The van der Waals surface area contributed by atoms with Crippen LogP contribution in [0, 0.1) is 5.41 Å². The first-order chi connectivity index (χ1) is 7.91. The highest BCUT2D eigenvalue weighted by Gasteiger charge is 2.18. The lowest BCUT2D eigenvalue weighted by Gasteiger charge is -2.23. The Hall–Kier alpha value is -0.220. The van der Waals surface area contributed by atoms with Gasteiger partial charge in [-0.05, 0) is 37.5 Å². The third kappa shape index (κ3) is 9.48. The van der Waals surface area contributed by atoms with Crippen molar-refractivity contribution in [2.24, 2.45) is 11.1 Å². The molecule has 3 nitrogen and oxygen atoms in total. The molecule has 0 heterocycles. The van der Waals surface area contributed by atoms with Crippen LogP contribution >= 0.6 is 11.8 Å². The number of rotatable bonds is 9. The summed E-state index contributed by atoms with van der Waals surface area (Å²) in [6.07, 6.45) is 5.64. The molecule has 0 aliphatic heterocycles. The summed E-state index contributed by atoms with van der Waals surface area (Å²) in [5.41, 5.74) is 5.73. The largest absolute Gasteiger partial charge is 0.356 e. The van der Waals surface area contributed by atoms with Crippen molar-refractivity contribution in [3.8, 4) is 0 Å². The van der Waals surface area contributed by atoms with E-state index in [-0.39, 0.29) is 11.3 Å². The van der Waals surface area contributed by atoms with Gasteiger partial charge in [-0.15, -0.1) is 0 Å². The van der Waals surface area contributed by atoms with Crippen LogP contribution in [0.4, 0.5) is 0 Å². The van der Waals surface area contributed by atoms with Crippen LogP contribution in [0.2, 0.25) is 0 Å². The predicted molar refractivity (Wildman–Crippen MR) is 77.3 cm³/mol. The van der Waals surface area contributed by atoms with Crippen LogP contribution in [-0.2, 0) is 4.79 Å². The molecule has 0 radical (unpaired) electrons. The fraction of sp³-hybridized carbons (Fsp3) is 0.923. The summed E-state index contributed by atoms with van der Waals surface area (Å²) in [6.45, 7) is 8.01. The maximum Gasteiger partial charge on any atom is 0.220 e. The van der Waals surface area contributed by atoms with Crippen molar-refractivity contribution in [3.63, 3.8) is 0 Å². The Morgan fingerprint density at radius 2 is 2.06 bits per heavy atom. The lowest BCUT2D eigenvalue weighted by Crippen LogP contribution is -2.27. The zero-order chi connectivity index (χ0) is 13.3. The molecule has 0 aliphatic rings. The van der Waals surface area contributed by atoms with Crippen LogP contribution < -0.4 is 11.1 Å². The monoisotopic (exact) mass is 260 g/mol. The molecule has 1 atom stereocenters. The number of amides is 1. The minimum absolute atomic E-state index is 0.170. The number of thioether (sulfide) groups is 1. The third-order valence-corrected chi connectivity index (χ3v) is 4.17. The quantitative estimate of drug-likeness (QED) is 0.669. The number of nitrogens with two attached hydrogens (primary N) is 1. The molecule has 1 unspecified atom stereocenters. The topological polar surface area (TPSA) is 55.1 Å². The van der Waals surface area contributed by atoms with Crippen molar-refractivity contribution in [2.75, 3.05) is 19.3 Å². The molecule has 0 spiro atoms. The van der Waals surface area contributed by atoms with Crippen molar-refractivity contribution in [2.45, 2.75) is 51.7 Å². The molecule has 0 rings (SSSR count). The second-order valence-electron chi connectivity index (χ2n) is 5.39.